The van der Waals surface area contributed by atoms with Gasteiger partial charge < -0.3 is 4.98 Å². The molecule has 2 aromatic heterocycles. The Balaban J connectivity index is 2.68. The predicted molar refractivity (Wildman–Crippen MR) is 57.6 cm³/mol. The Labute approximate surface area is 85.5 Å². The van der Waals surface area contributed by atoms with Crippen molar-refractivity contribution in [3.8, 4) is 10.6 Å². The van der Waals surface area contributed by atoms with Gasteiger partial charge >= 0.3 is 5.69 Å². The van der Waals surface area contributed by atoms with Crippen LogP contribution in [0.2, 0.25) is 0 Å². The lowest BCUT2D eigenvalue weighted by Gasteiger charge is -2.02. The Hall–Kier alpha value is -1.42. The minimum atomic E-state index is -0.293. The van der Waals surface area contributed by atoms with Crippen LogP contribution in [-0.2, 0) is 0 Å². The second kappa shape index (κ2) is 3.38. The summed E-state index contributed by atoms with van der Waals surface area (Å²) in [5, 5.41) is 2.02. The molecule has 0 saturated carbocycles. The van der Waals surface area contributed by atoms with Gasteiger partial charge in [-0.25, -0.2) is 9.78 Å². The average molecular weight is 206 g/mol. The van der Waals surface area contributed by atoms with E-state index in [9.17, 15) is 4.79 Å². The molecular weight excluding hydrogens is 196 g/mol. The molecule has 0 bridgehead atoms. The van der Waals surface area contributed by atoms with Gasteiger partial charge in [0.25, 0.3) is 0 Å². The molecule has 0 spiro atoms. The zero-order valence-electron chi connectivity index (χ0n) is 8.00. The Kier molecular flexibility index (Phi) is 2.21. The van der Waals surface area contributed by atoms with Crippen molar-refractivity contribution < 1.29 is 0 Å². The van der Waals surface area contributed by atoms with E-state index in [1.807, 2.05) is 25.3 Å². The predicted octanol–water partition coefficient (Wildman–Crippen LogP) is 2.12. The van der Waals surface area contributed by atoms with E-state index in [1.54, 1.807) is 17.5 Å². The average Bonchev–Trinajstić information content (AvgIpc) is 2.56. The first kappa shape index (κ1) is 9.15. The van der Waals surface area contributed by atoms with Gasteiger partial charge in [0.05, 0.1) is 10.6 Å². The number of thiophene rings is 1. The van der Waals surface area contributed by atoms with E-state index in [-0.39, 0.29) is 5.69 Å². The fraction of sp³-hybridized carbons (Fsp3) is 0.200. The fourth-order valence-electron chi connectivity index (χ4n) is 1.32. The summed E-state index contributed by atoms with van der Waals surface area (Å²) in [7, 11) is 0. The molecule has 0 aliphatic heterocycles. The molecule has 3 nitrogen and oxygen atoms in total. The van der Waals surface area contributed by atoms with Crippen LogP contribution in [0.4, 0.5) is 0 Å². The van der Waals surface area contributed by atoms with E-state index in [1.165, 1.54) is 5.56 Å². The lowest BCUT2D eigenvalue weighted by molar-refractivity contribution is 1.06. The fourth-order valence-corrected chi connectivity index (χ4v) is 2.31. The summed E-state index contributed by atoms with van der Waals surface area (Å²) in [6, 6.07) is 2.04. The van der Waals surface area contributed by atoms with Crippen molar-refractivity contribution in [2.45, 2.75) is 13.8 Å². The summed E-state index contributed by atoms with van der Waals surface area (Å²) in [5.41, 5.74) is 2.77. The smallest absolute Gasteiger partial charge is 0.304 e. The van der Waals surface area contributed by atoms with Crippen molar-refractivity contribution in [1.82, 2.24) is 9.97 Å². The van der Waals surface area contributed by atoms with E-state index in [0.29, 0.717) is 0 Å². The first-order valence-corrected chi connectivity index (χ1v) is 5.17. The molecule has 0 aliphatic carbocycles. The summed E-state index contributed by atoms with van der Waals surface area (Å²) >= 11 is 1.63. The van der Waals surface area contributed by atoms with Crippen molar-refractivity contribution in [2.75, 3.05) is 0 Å². The summed E-state index contributed by atoms with van der Waals surface area (Å²) in [4.78, 5) is 18.6. The standard InChI is InChI=1S/C10H10N2OS/c1-6-3-4-14-9(6)8-7(2)5-11-10(13)12-8/h3-5H,1-2H3,(H,11,12,13). The highest BCUT2D eigenvalue weighted by atomic mass is 32.1. The molecular formula is C10H10N2OS. The van der Waals surface area contributed by atoms with Crippen LogP contribution in [0.25, 0.3) is 10.6 Å². The molecule has 0 unspecified atom stereocenters. The van der Waals surface area contributed by atoms with Gasteiger partial charge in [0.1, 0.15) is 0 Å². The first-order valence-electron chi connectivity index (χ1n) is 4.29. The van der Waals surface area contributed by atoms with E-state index in [4.69, 9.17) is 0 Å². The molecule has 2 rings (SSSR count). The maximum Gasteiger partial charge on any atom is 0.345 e. The van der Waals surface area contributed by atoms with Crippen molar-refractivity contribution in [1.29, 1.82) is 0 Å². The SMILES string of the molecule is Cc1cnc(=O)[nH]c1-c1sccc1C. The zero-order valence-corrected chi connectivity index (χ0v) is 8.81. The van der Waals surface area contributed by atoms with Gasteiger partial charge in [0.15, 0.2) is 0 Å². The highest BCUT2D eigenvalue weighted by molar-refractivity contribution is 7.13. The van der Waals surface area contributed by atoms with Crippen molar-refractivity contribution >= 4 is 11.3 Å². The van der Waals surface area contributed by atoms with E-state index in [0.717, 1.165) is 16.1 Å². The molecule has 4 heteroatoms. The topological polar surface area (TPSA) is 45.8 Å². The van der Waals surface area contributed by atoms with Gasteiger partial charge in [-0.3, -0.25) is 0 Å². The minimum absolute atomic E-state index is 0.293. The lowest BCUT2D eigenvalue weighted by atomic mass is 10.2. The molecule has 0 amide bonds. The second-order valence-electron chi connectivity index (χ2n) is 3.18. The zero-order chi connectivity index (χ0) is 10.1. The van der Waals surface area contributed by atoms with Gasteiger partial charge in [-0.1, -0.05) is 0 Å². The van der Waals surface area contributed by atoms with Gasteiger partial charge in [0, 0.05) is 6.20 Å². The van der Waals surface area contributed by atoms with Crippen molar-refractivity contribution in [3.05, 3.63) is 39.3 Å². The number of aryl methyl sites for hydroxylation is 2. The van der Waals surface area contributed by atoms with Crippen molar-refractivity contribution in [2.24, 2.45) is 0 Å². The summed E-state index contributed by atoms with van der Waals surface area (Å²) in [6.45, 7) is 3.97. The van der Waals surface area contributed by atoms with Crippen LogP contribution in [-0.4, -0.2) is 9.97 Å². The highest BCUT2D eigenvalue weighted by Gasteiger charge is 2.07. The van der Waals surface area contributed by atoms with Crippen molar-refractivity contribution in [3.63, 3.8) is 0 Å². The molecule has 72 valence electrons. The Morgan fingerprint density at radius 3 is 2.79 bits per heavy atom. The molecule has 14 heavy (non-hydrogen) atoms. The molecule has 0 saturated heterocycles. The molecule has 1 N–H and O–H groups in total. The monoisotopic (exact) mass is 206 g/mol. The quantitative estimate of drug-likeness (QED) is 0.776. The summed E-state index contributed by atoms with van der Waals surface area (Å²) in [5.74, 6) is 0. The number of H-pyrrole nitrogens is 1. The molecule has 0 aromatic carbocycles. The number of nitrogens with zero attached hydrogens (tertiary/aromatic N) is 1. The first-order chi connectivity index (χ1) is 6.68. The van der Waals surface area contributed by atoms with Crippen LogP contribution in [0.15, 0.2) is 22.4 Å². The molecule has 0 radical (unpaired) electrons. The Morgan fingerprint density at radius 2 is 2.14 bits per heavy atom. The van der Waals surface area contributed by atoms with E-state index >= 15 is 0 Å². The molecule has 2 heterocycles. The Morgan fingerprint density at radius 1 is 1.36 bits per heavy atom. The maximum atomic E-state index is 11.1. The number of hydrogen-bond donors (Lipinski definition) is 1. The largest absolute Gasteiger partial charge is 0.345 e. The third kappa shape index (κ3) is 1.48. The van der Waals surface area contributed by atoms with Gasteiger partial charge in [-0.15, -0.1) is 11.3 Å². The van der Waals surface area contributed by atoms with Crippen LogP contribution in [0.3, 0.4) is 0 Å². The normalized spacial score (nSPS) is 10.4. The Bertz CT molecular complexity index is 513. The number of hydrogen-bond acceptors (Lipinski definition) is 3. The van der Waals surface area contributed by atoms with Crippen LogP contribution in [0.1, 0.15) is 11.1 Å². The number of aromatic nitrogens is 2. The third-order valence-corrected chi connectivity index (χ3v) is 3.12. The maximum absolute atomic E-state index is 11.1. The van der Waals surface area contributed by atoms with Gasteiger partial charge in [0.2, 0.25) is 0 Å². The molecule has 2 aromatic rings. The highest BCUT2D eigenvalue weighted by Crippen LogP contribution is 2.28. The van der Waals surface area contributed by atoms with Crippen LogP contribution in [0, 0.1) is 13.8 Å². The second-order valence-corrected chi connectivity index (χ2v) is 4.10. The number of nitrogens with one attached hydrogen (secondary N) is 1. The van der Waals surface area contributed by atoms with Crippen LogP contribution < -0.4 is 5.69 Å². The molecule has 0 aliphatic rings. The number of rotatable bonds is 1. The third-order valence-electron chi connectivity index (χ3n) is 2.09. The van der Waals surface area contributed by atoms with E-state index < -0.39 is 0 Å². The van der Waals surface area contributed by atoms with Gasteiger partial charge in [-0.2, -0.15) is 0 Å². The van der Waals surface area contributed by atoms with Crippen LogP contribution in [0.5, 0.6) is 0 Å². The summed E-state index contributed by atoms with van der Waals surface area (Å²) < 4.78 is 0. The molecule has 0 fully saturated rings. The summed E-state index contributed by atoms with van der Waals surface area (Å²) in [6.07, 6.45) is 1.60. The molecule has 0 atom stereocenters. The number of aromatic amines is 1. The van der Waals surface area contributed by atoms with Crippen LogP contribution >= 0.6 is 11.3 Å². The van der Waals surface area contributed by atoms with Gasteiger partial charge in [-0.05, 0) is 36.4 Å². The minimum Gasteiger partial charge on any atom is -0.304 e. The van der Waals surface area contributed by atoms with E-state index in [2.05, 4.69) is 9.97 Å². The lowest BCUT2D eigenvalue weighted by Crippen LogP contribution is -2.11.